The normalized spacial score (nSPS) is 10.5. The van der Waals surface area contributed by atoms with E-state index in [1.807, 2.05) is 42.3 Å². The van der Waals surface area contributed by atoms with Crippen LogP contribution < -0.4 is 10.6 Å². The topological polar surface area (TPSA) is 72.9 Å². The smallest absolute Gasteiger partial charge is 0.250 e. The second-order valence-corrected chi connectivity index (χ2v) is 3.79. The molecule has 0 bridgehead atoms. The lowest BCUT2D eigenvalue weighted by Crippen LogP contribution is -2.24. The Hall–Kier alpha value is -1.95. The van der Waals surface area contributed by atoms with Crippen LogP contribution in [-0.4, -0.2) is 40.3 Å². The van der Waals surface area contributed by atoms with Crippen LogP contribution in [0.5, 0.6) is 0 Å². The standard InChI is InChI=1S/C11H16N6/c1-16(9-5-8-12)11-13-14-15-17(11)10-6-3-2-4-7-10/h2-4,6-7H,5,8-9,12H2,1H3. The molecule has 2 aromatic rings. The molecule has 0 amide bonds. The van der Waals surface area contributed by atoms with Gasteiger partial charge in [-0.05, 0) is 35.5 Å². The summed E-state index contributed by atoms with van der Waals surface area (Å²) in [6.07, 6.45) is 0.915. The summed E-state index contributed by atoms with van der Waals surface area (Å²) in [6, 6.07) is 9.82. The van der Waals surface area contributed by atoms with Gasteiger partial charge in [-0.2, -0.15) is 4.68 Å². The van der Waals surface area contributed by atoms with Crippen molar-refractivity contribution >= 4 is 5.95 Å². The second kappa shape index (κ2) is 5.40. The third kappa shape index (κ3) is 2.59. The molecular weight excluding hydrogens is 216 g/mol. The quantitative estimate of drug-likeness (QED) is 0.810. The third-order valence-electron chi connectivity index (χ3n) is 2.49. The zero-order valence-electron chi connectivity index (χ0n) is 9.82. The fourth-order valence-corrected chi connectivity index (χ4v) is 1.59. The number of benzene rings is 1. The van der Waals surface area contributed by atoms with Gasteiger partial charge in [-0.15, -0.1) is 0 Å². The zero-order valence-corrected chi connectivity index (χ0v) is 9.82. The number of nitrogens with zero attached hydrogens (tertiary/aromatic N) is 5. The Morgan fingerprint density at radius 1 is 1.29 bits per heavy atom. The predicted octanol–water partition coefficient (Wildman–Crippen LogP) is 0.447. The largest absolute Gasteiger partial charge is 0.342 e. The molecule has 1 aromatic heterocycles. The van der Waals surface area contributed by atoms with Gasteiger partial charge in [-0.25, -0.2) is 0 Å². The minimum Gasteiger partial charge on any atom is -0.342 e. The number of tetrazole rings is 1. The molecule has 0 radical (unpaired) electrons. The number of anilines is 1. The van der Waals surface area contributed by atoms with E-state index in [0.717, 1.165) is 24.6 Å². The summed E-state index contributed by atoms with van der Waals surface area (Å²) in [7, 11) is 1.96. The minimum atomic E-state index is 0.664. The average molecular weight is 232 g/mol. The molecule has 2 rings (SSSR count). The van der Waals surface area contributed by atoms with Gasteiger partial charge in [0.1, 0.15) is 0 Å². The number of nitrogens with two attached hydrogens (primary N) is 1. The minimum absolute atomic E-state index is 0.664. The lowest BCUT2D eigenvalue weighted by Gasteiger charge is -2.16. The van der Waals surface area contributed by atoms with E-state index < -0.39 is 0 Å². The van der Waals surface area contributed by atoms with Crippen molar-refractivity contribution in [2.45, 2.75) is 6.42 Å². The van der Waals surface area contributed by atoms with Crippen molar-refractivity contribution in [2.75, 3.05) is 25.0 Å². The van der Waals surface area contributed by atoms with E-state index in [1.165, 1.54) is 0 Å². The molecule has 2 N–H and O–H groups in total. The van der Waals surface area contributed by atoms with Crippen molar-refractivity contribution in [1.29, 1.82) is 0 Å². The highest BCUT2D eigenvalue weighted by Crippen LogP contribution is 2.13. The molecule has 6 nitrogen and oxygen atoms in total. The van der Waals surface area contributed by atoms with Gasteiger partial charge >= 0.3 is 0 Å². The van der Waals surface area contributed by atoms with Crippen LogP contribution >= 0.6 is 0 Å². The first-order valence-corrected chi connectivity index (χ1v) is 5.58. The van der Waals surface area contributed by atoms with Gasteiger partial charge in [0.25, 0.3) is 0 Å². The van der Waals surface area contributed by atoms with Crippen molar-refractivity contribution in [2.24, 2.45) is 5.73 Å². The fourth-order valence-electron chi connectivity index (χ4n) is 1.59. The Morgan fingerprint density at radius 3 is 2.76 bits per heavy atom. The van der Waals surface area contributed by atoms with Crippen LogP contribution in [-0.2, 0) is 0 Å². The maximum Gasteiger partial charge on any atom is 0.250 e. The number of aromatic nitrogens is 4. The lowest BCUT2D eigenvalue weighted by molar-refractivity contribution is 0.745. The molecule has 0 saturated carbocycles. The molecular formula is C11H16N6. The molecule has 90 valence electrons. The fraction of sp³-hybridized carbons (Fsp3) is 0.364. The van der Waals surface area contributed by atoms with E-state index in [4.69, 9.17) is 5.73 Å². The Morgan fingerprint density at radius 2 is 2.06 bits per heavy atom. The van der Waals surface area contributed by atoms with Crippen LogP contribution in [0, 0.1) is 0 Å². The molecule has 0 spiro atoms. The molecule has 0 aliphatic heterocycles. The van der Waals surface area contributed by atoms with Gasteiger partial charge in [0.15, 0.2) is 0 Å². The summed E-state index contributed by atoms with van der Waals surface area (Å²) >= 11 is 0. The van der Waals surface area contributed by atoms with E-state index in [1.54, 1.807) is 4.68 Å². The van der Waals surface area contributed by atoms with Crippen molar-refractivity contribution in [3.63, 3.8) is 0 Å². The molecule has 0 saturated heterocycles. The highest BCUT2D eigenvalue weighted by atomic mass is 15.6. The summed E-state index contributed by atoms with van der Waals surface area (Å²) < 4.78 is 1.72. The van der Waals surface area contributed by atoms with Gasteiger partial charge in [-0.3, -0.25) is 0 Å². The molecule has 17 heavy (non-hydrogen) atoms. The van der Waals surface area contributed by atoms with Gasteiger partial charge in [0, 0.05) is 13.6 Å². The summed E-state index contributed by atoms with van der Waals surface area (Å²) in [4.78, 5) is 2.00. The van der Waals surface area contributed by atoms with Crippen molar-refractivity contribution < 1.29 is 0 Å². The first kappa shape index (κ1) is 11.5. The van der Waals surface area contributed by atoms with Gasteiger partial charge in [0.2, 0.25) is 5.95 Å². The SMILES string of the molecule is CN(CCCN)c1nnnn1-c1ccccc1. The van der Waals surface area contributed by atoms with Gasteiger partial charge < -0.3 is 10.6 Å². The molecule has 0 atom stereocenters. The molecule has 1 heterocycles. The first-order chi connectivity index (χ1) is 8.33. The Bertz CT molecular complexity index is 452. The number of hydrogen-bond donors (Lipinski definition) is 1. The average Bonchev–Trinajstić information content (AvgIpc) is 2.86. The van der Waals surface area contributed by atoms with Crippen LogP contribution in [0.4, 0.5) is 5.95 Å². The molecule has 0 aliphatic carbocycles. The Labute approximate surface area is 100 Å². The van der Waals surface area contributed by atoms with E-state index >= 15 is 0 Å². The van der Waals surface area contributed by atoms with E-state index in [-0.39, 0.29) is 0 Å². The third-order valence-corrected chi connectivity index (χ3v) is 2.49. The summed E-state index contributed by atoms with van der Waals surface area (Å²) in [6.45, 7) is 1.50. The van der Waals surface area contributed by atoms with Crippen molar-refractivity contribution in [3.05, 3.63) is 30.3 Å². The number of para-hydroxylation sites is 1. The van der Waals surface area contributed by atoms with Crippen LogP contribution in [0.1, 0.15) is 6.42 Å². The van der Waals surface area contributed by atoms with E-state index in [9.17, 15) is 0 Å². The molecule has 0 fully saturated rings. The van der Waals surface area contributed by atoms with Gasteiger partial charge in [-0.1, -0.05) is 23.3 Å². The molecule has 6 heteroatoms. The number of rotatable bonds is 5. The highest BCUT2D eigenvalue weighted by Gasteiger charge is 2.11. The molecule has 1 aromatic carbocycles. The van der Waals surface area contributed by atoms with Crippen LogP contribution in [0.25, 0.3) is 5.69 Å². The maximum absolute atomic E-state index is 5.49. The Kier molecular flexibility index (Phi) is 3.66. The summed E-state index contributed by atoms with van der Waals surface area (Å²) in [5.74, 6) is 0.727. The molecule has 0 unspecified atom stereocenters. The Balaban J connectivity index is 2.23. The van der Waals surface area contributed by atoms with E-state index in [2.05, 4.69) is 15.5 Å². The zero-order chi connectivity index (χ0) is 12.1. The van der Waals surface area contributed by atoms with Crippen molar-refractivity contribution in [1.82, 2.24) is 20.2 Å². The molecule has 0 aliphatic rings. The van der Waals surface area contributed by atoms with Crippen molar-refractivity contribution in [3.8, 4) is 5.69 Å². The van der Waals surface area contributed by atoms with Gasteiger partial charge in [0.05, 0.1) is 5.69 Å². The number of hydrogen-bond acceptors (Lipinski definition) is 5. The van der Waals surface area contributed by atoms with E-state index in [0.29, 0.717) is 6.54 Å². The van der Waals surface area contributed by atoms with Crippen LogP contribution in [0.15, 0.2) is 30.3 Å². The first-order valence-electron chi connectivity index (χ1n) is 5.58. The lowest BCUT2D eigenvalue weighted by atomic mass is 10.3. The maximum atomic E-state index is 5.49. The summed E-state index contributed by atoms with van der Waals surface area (Å²) in [5.41, 5.74) is 6.45. The second-order valence-electron chi connectivity index (χ2n) is 3.79. The van der Waals surface area contributed by atoms with Crippen LogP contribution in [0.2, 0.25) is 0 Å². The monoisotopic (exact) mass is 232 g/mol. The van der Waals surface area contributed by atoms with Crippen LogP contribution in [0.3, 0.4) is 0 Å². The summed E-state index contributed by atoms with van der Waals surface area (Å²) in [5, 5.41) is 11.7. The predicted molar refractivity (Wildman–Crippen MR) is 66.1 cm³/mol. The highest BCUT2D eigenvalue weighted by molar-refractivity contribution is 5.39.